The minimum absolute atomic E-state index is 0.195. The molecule has 0 unspecified atom stereocenters. The highest BCUT2D eigenvalue weighted by atomic mass is 16.5. The van der Waals surface area contributed by atoms with Crippen LogP contribution in [0.1, 0.15) is 59.2 Å². The fourth-order valence-corrected chi connectivity index (χ4v) is 2.61. The molecule has 5 nitrogen and oxygen atoms in total. The molecule has 1 fully saturated rings. The van der Waals surface area contributed by atoms with Crippen molar-refractivity contribution >= 4 is 18.2 Å². The smallest absolute Gasteiger partial charge is 0.338 e. The zero-order valence-corrected chi connectivity index (χ0v) is 12.5. The molecular formula is C17H21NO4. The van der Waals surface area contributed by atoms with Gasteiger partial charge in [-0.3, -0.25) is 9.59 Å². The van der Waals surface area contributed by atoms with E-state index in [2.05, 4.69) is 5.32 Å². The maximum absolute atomic E-state index is 11.8. The molecule has 1 aromatic carbocycles. The molecular weight excluding hydrogens is 282 g/mol. The summed E-state index contributed by atoms with van der Waals surface area (Å²) in [5.74, 6) is -0.821. The average molecular weight is 303 g/mol. The quantitative estimate of drug-likeness (QED) is 0.515. The molecule has 118 valence electrons. The van der Waals surface area contributed by atoms with Crippen LogP contribution in [0.5, 0.6) is 0 Å². The Kier molecular flexibility index (Phi) is 6.13. The number of amides is 1. The Morgan fingerprint density at radius 2 is 1.73 bits per heavy atom. The van der Waals surface area contributed by atoms with Gasteiger partial charge in [0, 0.05) is 11.6 Å². The number of nitrogens with one attached hydrogen (secondary N) is 1. The maximum atomic E-state index is 11.8. The lowest BCUT2D eigenvalue weighted by Gasteiger charge is -2.16. The van der Waals surface area contributed by atoms with Gasteiger partial charge in [-0.1, -0.05) is 37.8 Å². The van der Waals surface area contributed by atoms with Gasteiger partial charge in [-0.15, -0.1) is 0 Å². The summed E-state index contributed by atoms with van der Waals surface area (Å²) in [5.41, 5.74) is 0.815. The molecule has 1 aliphatic rings. The Hall–Kier alpha value is -2.17. The van der Waals surface area contributed by atoms with E-state index in [1.807, 2.05) is 0 Å². The molecule has 0 spiro atoms. The molecule has 0 saturated heterocycles. The van der Waals surface area contributed by atoms with Crippen molar-refractivity contribution in [1.29, 1.82) is 0 Å². The number of esters is 1. The molecule has 1 aliphatic carbocycles. The summed E-state index contributed by atoms with van der Waals surface area (Å²) in [5, 5.41) is 2.92. The molecule has 0 aliphatic heterocycles. The second kappa shape index (κ2) is 8.32. The van der Waals surface area contributed by atoms with Gasteiger partial charge < -0.3 is 10.1 Å². The SMILES string of the molecule is O=Cc1ccc(C(=O)OCC(=O)NC2CCCCCC2)cc1. The summed E-state index contributed by atoms with van der Waals surface area (Å²) in [6, 6.07) is 6.29. The molecule has 0 heterocycles. The van der Waals surface area contributed by atoms with Crippen LogP contribution in [-0.4, -0.2) is 30.8 Å². The zero-order valence-electron chi connectivity index (χ0n) is 12.5. The van der Waals surface area contributed by atoms with E-state index < -0.39 is 5.97 Å². The number of aldehydes is 1. The summed E-state index contributed by atoms with van der Waals surface area (Å²) < 4.78 is 5.00. The molecule has 2 rings (SSSR count). The lowest BCUT2D eigenvalue weighted by molar-refractivity contribution is -0.125. The lowest BCUT2D eigenvalue weighted by atomic mass is 10.1. The van der Waals surface area contributed by atoms with Crippen molar-refractivity contribution < 1.29 is 19.1 Å². The molecule has 1 N–H and O–H groups in total. The highest BCUT2D eigenvalue weighted by molar-refractivity contribution is 5.92. The van der Waals surface area contributed by atoms with Crippen molar-refractivity contribution in [3.05, 3.63) is 35.4 Å². The fourth-order valence-electron chi connectivity index (χ4n) is 2.61. The van der Waals surface area contributed by atoms with E-state index in [0.29, 0.717) is 17.4 Å². The molecule has 1 amide bonds. The van der Waals surface area contributed by atoms with Crippen molar-refractivity contribution in [2.24, 2.45) is 0 Å². The third-order valence-corrected chi connectivity index (χ3v) is 3.84. The number of rotatable bonds is 5. The summed E-state index contributed by atoms with van der Waals surface area (Å²) in [6.07, 6.45) is 7.40. The fraction of sp³-hybridized carbons (Fsp3) is 0.471. The highest BCUT2D eigenvalue weighted by Crippen LogP contribution is 2.17. The van der Waals surface area contributed by atoms with Crippen molar-refractivity contribution in [1.82, 2.24) is 5.32 Å². The lowest BCUT2D eigenvalue weighted by Crippen LogP contribution is -2.37. The Morgan fingerprint density at radius 3 is 2.32 bits per heavy atom. The van der Waals surface area contributed by atoms with Crippen LogP contribution < -0.4 is 5.32 Å². The first kappa shape index (κ1) is 16.2. The number of carbonyl (C=O) groups is 3. The minimum atomic E-state index is -0.562. The first-order chi connectivity index (χ1) is 10.7. The van der Waals surface area contributed by atoms with E-state index in [9.17, 15) is 14.4 Å². The van der Waals surface area contributed by atoms with Crippen LogP contribution in [0.4, 0.5) is 0 Å². The Balaban J connectivity index is 1.76. The van der Waals surface area contributed by atoms with Gasteiger partial charge >= 0.3 is 5.97 Å². The standard InChI is InChI=1S/C17H21NO4/c19-11-13-7-9-14(10-8-13)17(21)22-12-16(20)18-15-5-3-1-2-4-6-15/h7-11,15H,1-6,12H2,(H,18,20). The van der Waals surface area contributed by atoms with E-state index in [1.54, 1.807) is 0 Å². The summed E-state index contributed by atoms with van der Waals surface area (Å²) in [4.78, 5) is 34.2. The molecule has 0 radical (unpaired) electrons. The van der Waals surface area contributed by atoms with Gasteiger partial charge in [-0.25, -0.2) is 4.79 Å². The van der Waals surface area contributed by atoms with E-state index in [-0.39, 0.29) is 18.6 Å². The summed E-state index contributed by atoms with van der Waals surface area (Å²) in [7, 11) is 0. The third-order valence-electron chi connectivity index (χ3n) is 3.84. The zero-order chi connectivity index (χ0) is 15.8. The number of hydrogen-bond donors (Lipinski definition) is 1. The van der Waals surface area contributed by atoms with Gasteiger partial charge in [0.15, 0.2) is 6.61 Å². The van der Waals surface area contributed by atoms with Gasteiger partial charge in [-0.05, 0) is 25.0 Å². The summed E-state index contributed by atoms with van der Waals surface area (Å²) in [6.45, 7) is -0.273. The van der Waals surface area contributed by atoms with Crippen LogP contribution >= 0.6 is 0 Å². The third kappa shape index (κ3) is 4.98. The normalized spacial score (nSPS) is 15.6. The molecule has 1 aromatic rings. The average Bonchev–Trinajstić information content (AvgIpc) is 2.81. The van der Waals surface area contributed by atoms with Crippen LogP contribution in [0.2, 0.25) is 0 Å². The molecule has 22 heavy (non-hydrogen) atoms. The van der Waals surface area contributed by atoms with E-state index in [4.69, 9.17) is 4.74 Å². The van der Waals surface area contributed by atoms with Gasteiger partial charge in [0.1, 0.15) is 6.29 Å². The topological polar surface area (TPSA) is 72.5 Å². The van der Waals surface area contributed by atoms with E-state index >= 15 is 0 Å². The van der Waals surface area contributed by atoms with Crippen LogP contribution in [-0.2, 0) is 9.53 Å². The number of carbonyl (C=O) groups excluding carboxylic acids is 3. The van der Waals surface area contributed by atoms with E-state index in [0.717, 1.165) is 25.7 Å². The van der Waals surface area contributed by atoms with Crippen molar-refractivity contribution in [2.75, 3.05) is 6.61 Å². The van der Waals surface area contributed by atoms with Gasteiger partial charge in [0.25, 0.3) is 5.91 Å². The van der Waals surface area contributed by atoms with Crippen LogP contribution in [0, 0.1) is 0 Å². The highest BCUT2D eigenvalue weighted by Gasteiger charge is 2.16. The minimum Gasteiger partial charge on any atom is -0.452 e. The largest absolute Gasteiger partial charge is 0.452 e. The van der Waals surface area contributed by atoms with Crippen LogP contribution in [0.3, 0.4) is 0 Å². The van der Waals surface area contributed by atoms with Crippen molar-refractivity contribution in [2.45, 2.75) is 44.6 Å². The van der Waals surface area contributed by atoms with Crippen LogP contribution in [0.15, 0.2) is 24.3 Å². The Morgan fingerprint density at radius 1 is 1.09 bits per heavy atom. The number of ether oxygens (including phenoxy) is 1. The first-order valence-corrected chi connectivity index (χ1v) is 7.71. The van der Waals surface area contributed by atoms with Gasteiger partial charge in [-0.2, -0.15) is 0 Å². The monoisotopic (exact) mass is 303 g/mol. The predicted molar refractivity (Wildman–Crippen MR) is 81.7 cm³/mol. The molecule has 5 heteroatoms. The Labute approximate surface area is 130 Å². The molecule has 0 aromatic heterocycles. The Bertz CT molecular complexity index is 516. The first-order valence-electron chi connectivity index (χ1n) is 7.71. The number of benzene rings is 1. The van der Waals surface area contributed by atoms with Gasteiger partial charge in [0.2, 0.25) is 0 Å². The summed E-state index contributed by atoms with van der Waals surface area (Å²) >= 11 is 0. The predicted octanol–water partition coefficient (Wildman–Crippen LogP) is 2.49. The van der Waals surface area contributed by atoms with Gasteiger partial charge in [0.05, 0.1) is 5.56 Å². The van der Waals surface area contributed by atoms with Crippen LogP contribution in [0.25, 0.3) is 0 Å². The van der Waals surface area contributed by atoms with Crippen molar-refractivity contribution in [3.8, 4) is 0 Å². The van der Waals surface area contributed by atoms with Crippen molar-refractivity contribution in [3.63, 3.8) is 0 Å². The molecule has 1 saturated carbocycles. The maximum Gasteiger partial charge on any atom is 0.338 e. The second-order valence-corrected chi connectivity index (χ2v) is 5.57. The molecule has 0 bridgehead atoms. The molecule has 0 atom stereocenters. The second-order valence-electron chi connectivity index (χ2n) is 5.57. The van der Waals surface area contributed by atoms with E-state index in [1.165, 1.54) is 37.1 Å². The number of hydrogen-bond acceptors (Lipinski definition) is 4.